The molecule has 0 saturated carbocycles. The Bertz CT molecular complexity index is 2460. The van der Waals surface area contributed by atoms with Crippen molar-refractivity contribution in [2.75, 3.05) is 0 Å². The summed E-state index contributed by atoms with van der Waals surface area (Å²) in [5.74, 6) is 1.13. The fraction of sp³-hybridized carbons (Fsp3) is 0.204. The Balaban J connectivity index is 1.33. The molecular weight excluding hydrogens is 693 g/mol. The quantitative estimate of drug-likeness (QED) is 0.101. The van der Waals surface area contributed by atoms with Gasteiger partial charge in [0.05, 0.1) is 0 Å². The highest BCUT2D eigenvalue weighted by Gasteiger charge is 2.50. The van der Waals surface area contributed by atoms with Gasteiger partial charge in [-0.2, -0.15) is 4.58 Å². The molecule has 0 amide bonds. The van der Waals surface area contributed by atoms with E-state index in [4.69, 9.17) is 4.74 Å². The van der Waals surface area contributed by atoms with Gasteiger partial charge in [-0.05, 0) is 71.0 Å². The van der Waals surface area contributed by atoms with Crippen molar-refractivity contribution in [2.45, 2.75) is 70.1 Å². The lowest BCUT2D eigenvalue weighted by Gasteiger charge is -2.37. The first-order valence-electron chi connectivity index (χ1n) is 20.7. The number of fused-ring (bicyclic) bond motifs is 2. The number of benzene rings is 6. The van der Waals surface area contributed by atoms with E-state index in [1.165, 1.54) is 33.7 Å². The summed E-state index contributed by atoms with van der Waals surface area (Å²) in [6, 6.07) is 59.4. The van der Waals surface area contributed by atoms with Gasteiger partial charge in [0.1, 0.15) is 12.2 Å². The molecule has 57 heavy (non-hydrogen) atoms. The second-order valence-corrected chi connectivity index (χ2v) is 15.8. The average molecular weight is 744 g/mol. The van der Waals surface area contributed by atoms with Crippen molar-refractivity contribution in [2.24, 2.45) is 0 Å². The lowest BCUT2D eigenvalue weighted by Crippen LogP contribution is -2.46. The van der Waals surface area contributed by atoms with Crippen LogP contribution in [-0.2, 0) is 11.8 Å². The van der Waals surface area contributed by atoms with Gasteiger partial charge < -0.3 is 4.74 Å². The van der Waals surface area contributed by atoms with E-state index in [1.54, 1.807) is 0 Å². The zero-order valence-electron chi connectivity index (χ0n) is 33.3. The van der Waals surface area contributed by atoms with Crippen molar-refractivity contribution in [3.63, 3.8) is 0 Å². The Kier molecular flexibility index (Phi) is 10.1. The molecule has 0 aliphatic carbocycles. The molecule has 3 heterocycles. The van der Waals surface area contributed by atoms with Gasteiger partial charge in [-0.15, -0.1) is 0 Å². The fourth-order valence-electron chi connectivity index (χ4n) is 9.47. The molecule has 282 valence electrons. The highest BCUT2D eigenvalue weighted by atomic mass is 16.5. The summed E-state index contributed by atoms with van der Waals surface area (Å²) in [6.45, 7) is 7.10. The highest BCUT2D eigenvalue weighted by Crippen LogP contribution is 2.51. The van der Waals surface area contributed by atoms with Crippen LogP contribution in [0.1, 0.15) is 68.8 Å². The van der Waals surface area contributed by atoms with E-state index in [0.717, 1.165) is 59.3 Å². The topological polar surface area (TPSA) is 17.2 Å². The van der Waals surface area contributed by atoms with Crippen molar-refractivity contribution < 1.29 is 9.31 Å². The Morgan fingerprint density at radius 3 is 1.81 bits per heavy atom. The summed E-state index contributed by atoms with van der Waals surface area (Å²) in [4.78, 5) is 0. The van der Waals surface area contributed by atoms with Crippen LogP contribution in [0.3, 0.4) is 0 Å². The van der Waals surface area contributed by atoms with Gasteiger partial charge in [0.2, 0.25) is 17.6 Å². The van der Waals surface area contributed by atoms with E-state index in [0.29, 0.717) is 0 Å². The first kappa shape index (κ1) is 36.4. The maximum atomic E-state index is 7.75. The van der Waals surface area contributed by atoms with Crippen molar-refractivity contribution in [3.05, 3.63) is 205 Å². The van der Waals surface area contributed by atoms with Gasteiger partial charge >= 0.3 is 0 Å². The van der Waals surface area contributed by atoms with Crippen LogP contribution in [-0.4, -0.2) is 21.0 Å². The van der Waals surface area contributed by atoms with Crippen molar-refractivity contribution in [1.29, 1.82) is 0 Å². The van der Waals surface area contributed by atoms with Crippen LogP contribution in [0, 0.1) is 0 Å². The molecule has 2 aliphatic heterocycles. The number of para-hydroxylation sites is 1. The molecule has 0 saturated heterocycles. The Morgan fingerprint density at radius 2 is 1.23 bits per heavy atom. The van der Waals surface area contributed by atoms with E-state index >= 15 is 0 Å². The third-order valence-corrected chi connectivity index (χ3v) is 12.3. The molecule has 3 heteroatoms. The van der Waals surface area contributed by atoms with Gasteiger partial charge in [0.15, 0.2) is 6.10 Å². The summed E-state index contributed by atoms with van der Waals surface area (Å²) in [5.41, 5.74) is 13.3. The molecule has 9 rings (SSSR count). The predicted molar refractivity (Wildman–Crippen MR) is 237 cm³/mol. The summed E-state index contributed by atoms with van der Waals surface area (Å²) in [7, 11) is 0. The largest absolute Gasteiger partial charge is 0.474 e. The van der Waals surface area contributed by atoms with Crippen LogP contribution in [0.4, 0.5) is 5.69 Å². The van der Waals surface area contributed by atoms with Crippen LogP contribution in [0.5, 0.6) is 5.75 Å². The van der Waals surface area contributed by atoms with E-state index < -0.39 is 0 Å². The van der Waals surface area contributed by atoms with Gasteiger partial charge in [0.25, 0.3) is 0 Å². The molecule has 0 radical (unpaired) electrons. The number of aryl methyl sites for hydroxylation is 1. The standard InChI is InChI=1S/C54H51N2O/c1-4-21-42-28-20-31-45-48(5-2)54(3,44-29-16-9-17-30-44)33-32-50(49-38-51(56(49)52(42)45)55-34-18-19-35-55)57-53-46(40-24-12-7-13-25-40)36-43(39-22-10-6-11-23-39)37-47(53)41-26-14-8-15-27-41/h6-20,22-37,48,50-51H,4-5,21,38H2,1-3H3/q+1. The molecule has 4 atom stereocenters. The lowest BCUT2D eigenvalue weighted by molar-refractivity contribution is -0.545. The zero-order valence-corrected chi connectivity index (χ0v) is 33.3. The van der Waals surface area contributed by atoms with Crippen LogP contribution in [0.15, 0.2) is 188 Å². The average Bonchev–Trinajstić information content (AvgIpc) is 3.79. The summed E-state index contributed by atoms with van der Waals surface area (Å²) >= 11 is 0. The smallest absolute Gasteiger partial charge is 0.247 e. The summed E-state index contributed by atoms with van der Waals surface area (Å²) in [6.07, 6.45) is 13.1. The number of aromatic nitrogens is 1. The molecule has 0 N–H and O–H groups in total. The van der Waals surface area contributed by atoms with Gasteiger partial charge in [-0.3, -0.25) is 4.57 Å². The van der Waals surface area contributed by atoms with Gasteiger partial charge in [0, 0.05) is 46.0 Å². The number of allylic oxidation sites excluding steroid dienone is 1. The van der Waals surface area contributed by atoms with Crippen LogP contribution in [0.25, 0.3) is 33.4 Å². The van der Waals surface area contributed by atoms with Crippen molar-refractivity contribution in [3.8, 4) is 39.1 Å². The molecule has 1 aromatic heterocycles. The van der Waals surface area contributed by atoms with Gasteiger partial charge in [-0.25, -0.2) is 0 Å². The maximum Gasteiger partial charge on any atom is 0.247 e. The molecule has 0 bridgehead atoms. The SMILES string of the molecule is CCCc1cccc2c1[N+]1=C(CC1n1cccc1)C(Oc1c(-c3ccccc3)cc(-c3ccccc3)cc1-c1ccccc1)C=CC(C)(c1ccccc1)C2CC. The maximum absolute atomic E-state index is 7.75. The van der Waals surface area contributed by atoms with Crippen LogP contribution >= 0.6 is 0 Å². The van der Waals surface area contributed by atoms with Crippen molar-refractivity contribution >= 4 is 11.4 Å². The second kappa shape index (κ2) is 15.7. The molecule has 2 aliphatic rings. The third-order valence-electron chi connectivity index (χ3n) is 12.3. The molecule has 6 aromatic carbocycles. The monoisotopic (exact) mass is 743 g/mol. The second-order valence-electron chi connectivity index (χ2n) is 15.8. The van der Waals surface area contributed by atoms with E-state index in [9.17, 15) is 0 Å². The normalized spacial score (nSPS) is 20.1. The molecule has 0 spiro atoms. The van der Waals surface area contributed by atoms with Crippen LogP contribution < -0.4 is 4.74 Å². The van der Waals surface area contributed by atoms with E-state index in [1.807, 2.05) is 0 Å². The van der Waals surface area contributed by atoms with Gasteiger partial charge in [-0.1, -0.05) is 173 Å². The number of rotatable bonds is 10. The van der Waals surface area contributed by atoms with Crippen molar-refractivity contribution in [1.82, 2.24) is 4.57 Å². The summed E-state index contributed by atoms with van der Waals surface area (Å²) < 4.78 is 12.8. The minimum absolute atomic E-state index is 0.146. The Hall–Kier alpha value is -6.19. The lowest BCUT2D eigenvalue weighted by atomic mass is 9.67. The first-order valence-corrected chi connectivity index (χ1v) is 20.7. The molecule has 3 nitrogen and oxygen atoms in total. The minimum Gasteiger partial charge on any atom is -0.474 e. The van der Waals surface area contributed by atoms with E-state index in [-0.39, 0.29) is 23.6 Å². The summed E-state index contributed by atoms with van der Waals surface area (Å²) in [5, 5.41) is 0. The predicted octanol–water partition coefficient (Wildman–Crippen LogP) is 13.6. The molecular formula is C54H51N2O+. The first-order chi connectivity index (χ1) is 28.1. The highest BCUT2D eigenvalue weighted by molar-refractivity contribution is 5.93. The molecule has 0 fully saturated rings. The number of hydrogen-bond donors (Lipinski definition) is 0. The number of hydrogen-bond acceptors (Lipinski definition) is 1. The molecule has 4 unspecified atom stereocenters. The Morgan fingerprint density at radius 1 is 0.649 bits per heavy atom. The third kappa shape index (κ3) is 6.76. The Labute approximate surface area is 338 Å². The fourth-order valence-corrected chi connectivity index (χ4v) is 9.47. The molecule has 7 aromatic rings. The van der Waals surface area contributed by atoms with E-state index in [2.05, 4.69) is 218 Å². The zero-order chi connectivity index (χ0) is 38.8. The number of nitrogens with zero attached hydrogens (tertiary/aromatic N) is 2. The van der Waals surface area contributed by atoms with Crippen LogP contribution in [0.2, 0.25) is 0 Å². The minimum atomic E-state index is -0.328. The number of ether oxygens (including phenoxy) is 1.